The zero-order chi connectivity index (χ0) is 23.8. The van der Waals surface area contributed by atoms with Crippen molar-refractivity contribution in [3.63, 3.8) is 0 Å². The van der Waals surface area contributed by atoms with Gasteiger partial charge in [0.15, 0.2) is 0 Å². The Morgan fingerprint density at radius 3 is 2.09 bits per heavy atom. The van der Waals surface area contributed by atoms with Crippen molar-refractivity contribution in [1.29, 1.82) is 0 Å². The number of hydrogen-bond acceptors (Lipinski definition) is 4. The Bertz CT molecular complexity index is 1190. The molecule has 0 aliphatic heterocycles. The Balaban J connectivity index is 1.62. The number of aromatic nitrogens is 2. The second-order valence-corrected chi connectivity index (χ2v) is 8.50. The summed E-state index contributed by atoms with van der Waals surface area (Å²) in [4.78, 5) is 17.9. The summed E-state index contributed by atoms with van der Waals surface area (Å²) in [6, 6.07) is 27.6. The van der Waals surface area contributed by atoms with Gasteiger partial charge in [0.05, 0.1) is 16.8 Å². The van der Waals surface area contributed by atoms with E-state index in [0.29, 0.717) is 6.54 Å². The van der Waals surface area contributed by atoms with E-state index >= 15 is 0 Å². The topological polar surface area (TPSA) is 64.2 Å². The molecule has 0 spiro atoms. The molecule has 0 saturated carbocycles. The number of imidazole rings is 1. The fraction of sp³-hybridized carbons (Fsp3) is 0.250. The van der Waals surface area contributed by atoms with E-state index in [4.69, 9.17) is 4.98 Å². The maximum absolute atomic E-state index is 11.0. The fourth-order valence-electron chi connectivity index (χ4n) is 4.14. The molecular weight excluding hydrogens is 424 g/mol. The lowest BCUT2D eigenvalue weighted by molar-refractivity contribution is -0.384. The molecule has 6 heteroatoms. The van der Waals surface area contributed by atoms with Gasteiger partial charge in [-0.3, -0.25) is 15.0 Å². The average molecular weight is 455 g/mol. The quantitative estimate of drug-likeness (QED) is 0.193. The van der Waals surface area contributed by atoms with Gasteiger partial charge >= 0.3 is 0 Å². The van der Waals surface area contributed by atoms with Crippen molar-refractivity contribution in [3.05, 3.63) is 118 Å². The highest BCUT2D eigenvalue weighted by molar-refractivity contribution is 5.55. The Morgan fingerprint density at radius 2 is 1.47 bits per heavy atom. The third-order valence-corrected chi connectivity index (χ3v) is 5.89. The first-order valence-electron chi connectivity index (χ1n) is 11.7. The first-order chi connectivity index (χ1) is 16.6. The Kier molecular flexibility index (Phi) is 7.83. The lowest BCUT2D eigenvalue weighted by atomic mass is 10.1. The highest BCUT2D eigenvalue weighted by Gasteiger charge is 2.16. The Morgan fingerprint density at radius 1 is 0.853 bits per heavy atom. The molecule has 0 amide bonds. The lowest BCUT2D eigenvalue weighted by Gasteiger charge is -2.24. The van der Waals surface area contributed by atoms with Crippen molar-refractivity contribution in [2.45, 2.75) is 45.9 Å². The van der Waals surface area contributed by atoms with E-state index in [9.17, 15) is 10.1 Å². The molecule has 6 nitrogen and oxygen atoms in total. The van der Waals surface area contributed by atoms with Crippen molar-refractivity contribution in [2.75, 3.05) is 0 Å². The van der Waals surface area contributed by atoms with Crippen LogP contribution < -0.4 is 0 Å². The highest BCUT2D eigenvalue weighted by atomic mass is 16.6. The number of nitrogens with zero attached hydrogens (tertiary/aromatic N) is 4. The zero-order valence-electron chi connectivity index (χ0n) is 19.5. The normalized spacial score (nSPS) is 11.1. The van der Waals surface area contributed by atoms with Gasteiger partial charge in [-0.05, 0) is 17.5 Å². The van der Waals surface area contributed by atoms with Crippen LogP contribution in [-0.2, 0) is 26.2 Å². The maximum atomic E-state index is 11.0. The van der Waals surface area contributed by atoms with Crippen LogP contribution in [-0.4, -0.2) is 19.4 Å². The molecule has 3 aromatic carbocycles. The average Bonchev–Trinajstić information content (AvgIpc) is 3.26. The summed E-state index contributed by atoms with van der Waals surface area (Å²) >= 11 is 0. The number of benzene rings is 3. The summed E-state index contributed by atoms with van der Waals surface area (Å²) < 4.78 is 2.34. The third-order valence-electron chi connectivity index (χ3n) is 5.89. The monoisotopic (exact) mass is 454 g/mol. The minimum Gasteiger partial charge on any atom is -0.327 e. The molecule has 0 N–H and O–H groups in total. The molecule has 0 unspecified atom stereocenters. The van der Waals surface area contributed by atoms with Gasteiger partial charge in [-0.15, -0.1) is 0 Å². The summed E-state index contributed by atoms with van der Waals surface area (Å²) in [5.74, 6) is 0.999. The molecule has 0 bridgehead atoms. The number of non-ortho nitro benzene ring substituents is 1. The van der Waals surface area contributed by atoms with Crippen LogP contribution >= 0.6 is 0 Å². The molecule has 34 heavy (non-hydrogen) atoms. The van der Waals surface area contributed by atoms with E-state index < -0.39 is 0 Å². The van der Waals surface area contributed by atoms with Crippen LogP contribution in [0.1, 0.15) is 36.6 Å². The van der Waals surface area contributed by atoms with Crippen molar-refractivity contribution in [1.82, 2.24) is 14.5 Å². The van der Waals surface area contributed by atoms with Gasteiger partial charge in [-0.1, -0.05) is 86.1 Å². The summed E-state index contributed by atoms with van der Waals surface area (Å²) in [6.07, 6.45) is 4.19. The molecule has 0 saturated heterocycles. The second-order valence-electron chi connectivity index (χ2n) is 8.50. The SMILES string of the molecule is CCCCn1c(CN(Cc2ccccc2)Cc2ccc([N+](=O)[O-])cc2)cnc1-c1ccccc1. The minimum absolute atomic E-state index is 0.114. The molecular formula is C28H30N4O2. The van der Waals surface area contributed by atoms with Gasteiger partial charge in [-0.25, -0.2) is 4.98 Å². The third kappa shape index (κ3) is 5.97. The number of nitro groups is 1. The summed E-state index contributed by atoms with van der Waals surface area (Å²) in [7, 11) is 0. The standard InChI is InChI=1S/C28H30N4O2/c1-2-3-18-31-27(19-29-28(31)25-12-8-5-9-13-25)22-30(20-23-10-6-4-7-11-23)21-24-14-16-26(17-15-24)32(33)34/h4-17,19H,2-3,18,20-22H2,1H3. The summed E-state index contributed by atoms with van der Waals surface area (Å²) in [5, 5.41) is 11.0. The molecule has 174 valence electrons. The van der Waals surface area contributed by atoms with E-state index in [0.717, 1.165) is 49.4 Å². The van der Waals surface area contributed by atoms with Crippen LogP contribution in [0, 0.1) is 10.1 Å². The smallest absolute Gasteiger partial charge is 0.269 e. The minimum atomic E-state index is -0.358. The number of nitro benzene ring substituents is 1. The van der Waals surface area contributed by atoms with E-state index in [2.05, 4.69) is 52.8 Å². The Labute approximate surface area is 200 Å². The summed E-state index contributed by atoms with van der Waals surface area (Å²) in [6.45, 7) is 5.32. The van der Waals surface area contributed by atoms with Crippen LogP contribution in [0.4, 0.5) is 5.69 Å². The lowest BCUT2D eigenvalue weighted by Crippen LogP contribution is -2.24. The predicted octanol–water partition coefficient (Wildman–Crippen LogP) is 6.46. The highest BCUT2D eigenvalue weighted by Crippen LogP contribution is 2.23. The number of unbranched alkanes of at least 4 members (excludes halogenated alkanes) is 1. The zero-order valence-corrected chi connectivity index (χ0v) is 19.5. The van der Waals surface area contributed by atoms with Gasteiger partial charge in [0, 0.05) is 43.9 Å². The van der Waals surface area contributed by atoms with Gasteiger partial charge in [0.25, 0.3) is 5.69 Å². The Hall–Kier alpha value is -3.77. The molecule has 0 aliphatic carbocycles. The number of rotatable bonds is 11. The molecule has 0 radical (unpaired) electrons. The molecule has 0 aliphatic rings. The molecule has 4 rings (SSSR count). The van der Waals surface area contributed by atoms with Crippen LogP contribution in [0.15, 0.2) is 91.1 Å². The second kappa shape index (κ2) is 11.4. The first kappa shape index (κ1) is 23.4. The largest absolute Gasteiger partial charge is 0.327 e. The van der Waals surface area contributed by atoms with E-state index in [1.807, 2.05) is 42.6 Å². The molecule has 0 fully saturated rings. The molecule has 1 heterocycles. The first-order valence-corrected chi connectivity index (χ1v) is 11.7. The van der Waals surface area contributed by atoms with E-state index in [-0.39, 0.29) is 10.6 Å². The van der Waals surface area contributed by atoms with Crippen molar-refractivity contribution in [3.8, 4) is 11.4 Å². The van der Waals surface area contributed by atoms with E-state index in [1.165, 1.54) is 11.3 Å². The maximum Gasteiger partial charge on any atom is 0.269 e. The van der Waals surface area contributed by atoms with Crippen LogP contribution in [0.2, 0.25) is 0 Å². The molecule has 4 aromatic rings. The predicted molar refractivity (Wildman–Crippen MR) is 135 cm³/mol. The fourth-order valence-corrected chi connectivity index (χ4v) is 4.14. The van der Waals surface area contributed by atoms with Crippen molar-refractivity contribution >= 4 is 5.69 Å². The molecule has 1 aromatic heterocycles. The van der Waals surface area contributed by atoms with Crippen molar-refractivity contribution < 1.29 is 4.92 Å². The van der Waals surface area contributed by atoms with Gasteiger partial charge in [0.1, 0.15) is 5.82 Å². The van der Waals surface area contributed by atoms with Gasteiger partial charge in [-0.2, -0.15) is 0 Å². The van der Waals surface area contributed by atoms with Crippen LogP contribution in [0.25, 0.3) is 11.4 Å². The van der Waals surface area contributed by atoms with E-state index in [1.54, 1.807) is 12.1 Å². The van der Waals surface area contributed by atoms with Crippen LogP contribution in [0.3, 0.4) is 0 Å². The summed E-state index contributed by atoms with van der Waals surface area (Å²) in [5.41, 5.74) is 4.68. The van der Waals surface area contributed by atoms with Gasteiger partial charge in [0.2, 0.25) is 0 Å². The number of hydrogen-bond donors (Lipinski definition) is 0. The molecule has 0 atom stereocenters. The van der Waals surface area contributed by atoms with Crippen molar-refractivity contribution in [2.24, 2.45) is 0 Å². The van der Waals surface area contributed by atoms with Crippen LogP contribution in [0.5, 0.6) is 0 Å². The van der Waals surface area contributed by atoms with Gasteiger partial charge < -0.3 is 4.57 Å².